The second-order valence-corrected chi connectivity index (χ2v) is 6.65. The quantitative estimate of drug-likeness (QED) is 0.337. The Morgan fingerprint density at radius 3 is 2.32 bits per heavy atom. The number of amides is 1. The van der Waals surface area contributed by atoms with Crippen molar-refractivity contribution in [3.05, 3.63) is 101 Å². The van der Waals surface area contributed by atoms with E-state index < -0.39 is 18.5 Å². The summed E-state index contributed by atoms with van der Waals surface area (Å²) >= 11 is 0. The van der Waals surface area contributed by atoms with Crippen LogP contribution in [0, 0.1) is 5.82 Å². The number of hydrogen-bond donors (Lipinski definition) is 1. The van der Waals surface area contributed by atoms with E-state index in [1.807, 2.05) is 36.4 Å². The van der Waals surface area contributed by atoms with Crippen LogP contribution in [0.2, 0.25) is 0 Å². The number of ether oxygens (including phenoxy) is 2. The summed E-state index contributed by atoms with van der Waals surface area (Å²) in [6, 6.07) is 22.1. The van der Waals surface area contributed by atoms with Crippen LogP contribution in [0.25, 0.3) is 11.6 Å². The van der Waals surface area contributed by atoms with Crippen LogP contribution in [0.1, 0.15) is 16.7 Å². The lowest BCUT2D eigenvalue weighted by Crippen LogP contribution is -2.28. The lowest BCUT2D eigenvalue weighted by molar-refractivity contribution is -0.142. The first-order valence-corrected chi connectivity index (χ1v) is 9.65. The predicted molar refractivity (Wildman–Crippen MR) is 117 cm³/mol. The van der Waals surface area contributed by atoms with Crippen molar-refractivity contribution in [3.63, 3.8) is 0 Å². The third kappa shape index (κ3) is 6.27. The minimum absolute atomic E-state index is 0.208. The van der Waals surface area contributed by atoms with Crippen LogP contribution in [0.4, 0.5) is 4.39 Å². The Balaban J connectivity index is 1.69. The topological polar surface area (TPSA) is 64.6 Å². The lowest BCUT2D eigenvalue weighted by atomic mass is 10.0. The van der Waals surface area contributed by atoms with Crippen molar-refractivity contribution in [1.29, 1.82) is 0 Å². The van der Waals surface area contributed by atoms with Gasteiger partial charge in [0.15, 0.2) is 6.61 Å². The zero-order chi connectivity index (χ0) is 22.1. The summed E-state index contributed by atoms with van der Waals surface area (Å²) in [5.41, 5.74) is 2.41. The van der Waals surface area contributed by atoms with Gasteiger partial charge in [0, 0.05) is 12.1 Å². The van der Waals surface area contributed by atoms with Gasteiger partial charge in [0.1, 0.15) is 11.6 Å². The first-order chi connectivity index (χ1) is 15.1. The number of rotatable bonds is 8. The van der Waals surface area contributed by atoms with Crippen LogP contribution in [0.5, 0.6) is 5.75 Å². The smallest absolute Gasteiger partial charge is 0.339 e. The van der Waals surface area contributed by atoms with Crippen molar-refractivity contribution in [2.75, 3.05) is 13.7 Å². The van der Waals surface area contributed by atoms with Gasteiger partial charge in [-0.1, -0.05) is 60.7 Å². The molecule has 0 saturated carbocycles. The number of carbonyl (C=O) groups is 2. The number of hydrogen-bond acceptors (Lipinski definition) is 4. The van der Waals surface area contributed by atoms with E-state index in [9.17, 15) is 14.0 Å². The van der Waals surface area contributed by atoms with E-state index in [2.05, 4.69) is 5.32 Å². The summed E-state index contributed by atoms with van der Waals surface area (Å²) in [5.74, 6) is -0.823. The summed E-state index contributed by atoms with van der Waals surface area (Å²) in [5, 5.41) is 2.64. The van der Waals surface area contributed by atoms with Gasteiger partial charge in [-0.25, -0.2) is 9.18 Å². The molecule has 0 aliphatic carbocycles. The molecule has 0 aromatic heterocycles. The Morgan fingerprint density at radius 2 is 1.61 bits per heavy atom. The highest BCUT2D eigenvalue weighted by molar-refractivity contribution is 6.22. The zero-order valence-corrected chi connectivity index (χ0v) is 17.0. The SMILES string of the molecule is COc1ccccc1/C=C(/C(=O)OCC(=O)NCc1ccc(F)cc1)c1ccccc1. The summed E-state index contributed by atoms with van der Waals surface area (Å²) in [4.78, 5) is 24.9. The zero-order valence-electron chi connectivity index (χ0n) is 17.0. The van der Waals surface area contributed by atoms with Gasteiger partial charge < -0.3 is 14.8 Å². The molecular formula is C25H22FNO4. The molecule has 0 saturated heterocycles. The predicted octanol–water partition coefficient (Wildman–Crippen LogP) is 4.23. The molecule has 1 amide bonds. The van der Waals surface area contributed by atoms with Crippen molar-refractivity contribution >= 4 is 23.5 Å². The number of benzene rings is 3. The fourth-order valence-electron chi connectivity index (χ4n) is 2.88. The maximum absolute atomic E-state index is 13.0. The van der Waals surface area contributed by atoms with Crippen molar-refractivity contribution in [2.45, 2.75) is 6.54 Å². The molecule has 0 fully saturated rings. The molecule has 0 radical (unpaired) electrons. The molecule has 0 atom stereocenters. The van der Waals surface area contributed by atoms with Gasteiger partial charge in [0.2, 0.25) is 0 Å². The minimum atomic E-state index is -0.631. The lowest BCUT2D eigenvalue weighted by Gasteiger charge is -2.11. The van der Waals surface area contributed by atoms with Crippen LogP contribution in [0.15, 0.2) is 78.9 Å². The van der Waals surface area contributed by atoms with Gasteiger partial charge in [-0.15, -0.1) is 0 Å². The van der Waals surface area contributed by atoms with Gasteiger partial charge in [0.05, 0.1) is 12.7 Å². The normalized spacial score (nSPS) is 11.0. The van der Waals surface area contributed by atoms with Gasteiger partial charge in [0.25, 0.3) is 5.91 Å². The molecule has 0 unspecified atom stereocenters. The van der Waals surface area contributed by atoms with Crippen molar-refractivity contribution in [1.82, 2.24) is 5.32 Å². The highest BCUT2D eigenvalue weighted by Crippen LogP contribution is 2.25. The monoisotopic (exact) mass is 419 g/mol. The second-order valence-electron chi connectivity index (χ2n) is 6.65. The standard InChI is InChI=1S/C25H22FNO4/c1-30-23-10-6-5-9-20(23)15-22(19-7-3-2-4-8-19)25(29)31-17-24(28)27-16-18-11-13-21(26)14-12-18/h2-15H,16-17H2,1H3,(H,27,28)/b22-15+. The average molecular weight is 419 g/mol. The van der Waals surface area contributed by atoms with Gasteiger partial charge in [-0.05, 0) is 35.4 Å². The van der Waals surface area contributed by atoms with Crippen LogP contribution in [-0.2, 0) is 20.9 Å². The Bertz CT molecular complexity index is 1060. The number of para-hydroxylation sites is 1. The van der Waals surface area contributed by atoms with E-state index in [-0.39, 0.29) is 12.4 Å². The number of carbonyl (C=O) groups excluding carboxylic acids is 2. The summed E-state index contributed by atoms with van der Waals surface area (Å²) in [6.07, 6.45) is 1.67. The van der Waals surface area contributed by atoms with Gasteiger partial charge in [-0.2, -0.15) is 0 Å². The second kappa shape index (κ2) is 10.7. The molecule has 0 heterocycles. The number of esters is 1. The first kappa shape index (κ1) is 21.8. The summed E-state index contributed by atoms with van der Waals surface area (Å²) in [7, 11) is 1.55. The average Bonchev–Trinajstić information content (AvgIpc) is 2.81. The molecule has 3 aromatic carbocycles. The molecule has 6 heteroatoms. The molecular weight excluding hydrogens is 397 g/mol. The molecule has 0 spiro atoms. The van der Waals surface area contributed by atoms with E-state index in [0.717, 1.165) is 5.56 Å². The Labute approximate surface area is 180 Å². The molecule has 0 aliphatic rings. The molecule has 0 aliphatic heterocycles. The largest absolute Gasteiger partial charge is 0.496 e. The fraction of sp³-hybridized carbons (Fsp3) is 0.120. The maximum atomic E-state index is 13.0. The Kier molecular flexibility index (Phi) is 7.54. The number of halogens is 1. The van der Waals surface area contributed by atoms with Crippen LogP contribution in [-0.4, -0.2) is 25.6 Å². The third-order valence-corrected chi connectivity index (χ3v) is 4.48. The van der Waals surface area contributed by atoms with Crippen molar-refractivity contribution < 1.29 is 23.5 Å². The summed E-state index contributed by atoms with van der Waals surface area (Å²) in [6.45, 7) is -0.227. The van der Waals surface area contributed by atoms with Gasteiger partial charge in [-0.3, -0.25) is 4.79 Å². The van der Waals surface area contributed by atoms with Crippen molar-refractivity contribution in [3.8, 4) is 5.75 Å². The molecule has 1 N–H and O–H groups in total. The Hall–Kier alpha value is -3.93. The third-order valence-electron chi connectivity index (χ3n) is 4.48. The highest BCUT2D eigenvalue weighted by atomic mass is 19.1. The maximum Gasteiger partial charge on any atom is 0.339 e. The van der Waals surface area contributed by atoms with E-state index >= 15 is 0 Å². The Morgan fingerprint density at radius 1 is 0.935 bits per heavy atom. The molecule has 158 valence electrons. The molecule has 5 nitrogen and oxygen atoms in total. The van der Waals surface area contributed by atoms with Gasteiger partial charge >= 0.3 is 5.97 Å². The minimum Gasteiger partial charge on any atom is -0.496 e. The molecule has 31 heavy (non-hydrogen) atoms. The molecule has 0 bridgehead atoms. The highest BCUT2D eigenvalue weighted by Gasteiger charge is 2.16. The summed E-state index contributed by atoms with van der Waals surface area (Å²) < 4.78 is 23.6. The number of methoxy groups -OCH3 is 1. The van der Waals surface area contributed by atoms with Crippen molar-refractivity contribution in [2.24, 2.45) is 0 Å². The first-order valence-electron chi connectivity index (χ1n) is 9.65. The van der Waals surface area contributed by atoms with E-state index in [1.165, 1.54) is 12.1 Å². The number of nitrogens with one attached hydrogen (secondary N) is 1. The molecule has 3 rings (SSSR count). The van der Waals surface area contributed by atoms with Crippen LogP contribution in [0.3, 0.4) is 0 Å². The van der Waals surface area contributed by atoms with E-state index in [0.29, 0.717) is 22.4 Å². The molecule has 3 aromatic rings. The van der Waals surface area contributed by atoms with E-state index in [4.69, 9.17) is 9.47 Å². The van der Waals surface area contributed by atoms with E-state index in [1.54, 1.807) is 43.5 Å². The van der Waals surface area contributed by atoms with Crippen LogP contribution < -0.4 is 10.1 Å². The van der Waals surface area contributed by atoms with Crippen LogP contribution >= 0.6 is 0 Å². The fourth-order valence-corrected chi connectivity index (χ4v) is 2.88.